The molecule has 0 bridgehead atoms. The summed E-state index contributed by atoms with van der Waals surface area (Å²) in [6.07, 6.45) is 15.6. The van der Waals surface area contributed by atoms with E-state index in [-0.39, 0.29) is 93.6 Å². The summed E-state index contributed by atoms with van der Waals surface area (Å²) in [6, 6.07) is 31.0. The summed E-state index contributed by atoms with van der Waals surface area (Å²) >= 11 is 34.2. The predicted octanol–water partition coefficient (Wildman–Crippen LogP) is 12.0. The van der Waals surface area contributed by atoms with Crippen LogP contribution >= 0.6 is 69.6 Å². The molecule has 34 heteroatoms. The number of pyridine rings is 5. The number of alkyl halides is 1. The Hall–Kier alpha value is -10.1. The van der Waals surface area contributed by atoms with Gasteiger partial charge >= 0.3 is 52.7 Å². The van der Waals surface area contributed by atoms with Crippen molar-refractivity contribution in [2.24, 2.45) is 0 Å². The van der Waals surface area contributed by atoms with E-state index >= 15 is 0 Å². The third kappa shape index (κ3) is 23.9. The molecule has 0 atom stereocenters. The molecule has 25 nitrogen and oxygen atoms in total. The molecule has 1 aliphatic rings. The van der Waals surface area contributed by atoms with Crippen molar-refractivity contribution in [3.8, 4) is 28.3 Å². The van der Waals surface area contributed by atoms with Gasteiger partial charge in [-0.15, -0.1) is 11.6 Å². The number of carbonyl (C=O) groups is 5. The Morgan fingerprint density at radius 3 is 1.47 bits per heavy atom. The van der Waals surface area contributed by atoms with Crippen LogP contribution in [-0.4, -0.2) is 126 Å². The van der Waals surface area contributed by atoms with Crippen LogP contribution in [0.3, 0.4) is 0 Å². The number of carbonyl (C=O) groups excluding carboxylic acids is 4. The molecule has 110 heavy (non-hydrogen) atoms. The van der Waals surface area contributed by atoms with Crippen LogP contribution in [0.4, 0.5) is 20.3 Å². The molecule has 12 heterocycles. The van der Waals surface area contributed by atoms with Crippen LogP contribution < -0.4 is 56.8 Å². The molecule has 14 aromatic rings. The van der Waals surface area contributed by atoms with E-state index in [4.69, 9.17) is 94.4 Å². The number of piperazine rings is 1. The Labute approximate surface area is 677 Å². The third-order valence-corrected chi connectivity index (χ3v) is 17.1. The summed E-state index contributed by atoms with van der Waals surface area (Å²) in [5.41, 5.74) is 14.1. The maximum Gasteiger partial charge on any atom is 1.00 e. The molecule has 0 spiro atoms. The number of carboxylic acids is 1. The normalized spacial score (nSPS) is 11.3. The number of aromatic nitrogens is 9. The van der Waals surface area contributed by atoms with E-state index in [9.17, 15) is 42.3 Å². The van der Waals surface area contributed by atoms with Crippen LogP contribution in [-0.2, 0) is 36.8 Å². The van der Waals surface area contributed by atoms with E-state index in [0.717, 1.165) is 71.9 Å². The standard InChI is InChI=1S/C21H19ClN4O2.C17H10ClFN2O2.C10H9ClN2O.C9H7ClN2O2.C8H7FO2.C6H9ClO3.C5H5ClN2.Na.H2O/c1-13-16-4-3-15(25-8-6-23-7-9-25)10-18(16)28-21(27)20(13)17-12-26-11-14(22)2-5-19(26)24-17;1-9-12-4-3-11(19)6-14(12)23-17(22)16(9)13-8-21-7-10(18)2-5-15(21)20-13;1-7(14)4-9-6-13-5-8(11)2-3-10(13)12-9;10-6-1-2-8-11-7(3-9(13)14)5-12(8)4-6;1-5(10)7-3-2-6(9)4-8(7)11;1-2-10-6(9)3-5(8)4-7;6-4-1-2-5(7)8-3-4;;/h2-5,10-12,23H,6-9H2,1H3;2-8H,1H3;2-3,5-6H,4H2,1H3;1-2,4-5H,3H2,(H,13,14);2-4,11H,1H3;2-4H2,1H3;1-3H,(H2,7,8);;1H2/q;;;;;;;+1;/p-1. The summed E-state index contributed by atoms with van der Waals surface area (Å²) in [5.74, 6) is -2.80. The topological polar surface area (TPSA) is 349 Å². The van der Waals surface area contributed by atoms with Crippen molar-refractivity contribution in [1.82, 2.24) is 47.8 Å². The molecule has 0 aliphatic carbocycles. The number of nitrogens with two attached hydrogens (primary N) is 1. The van der Waals surface area contributed by atoms with E-state index in [1.165, 1.54) is 31.3 Å². The smallest absolute Gasteiger partial charge is 0.870 e. The minimum atomic E-state index is -0.889. The molecule has 566 valence electrons. The van der Waals surface area contributed by atoms with Gasteiger partial charge in [0.1, 0.15) is 69.2 Å². The maximum atomic E-state index is 13.3. The zero-order chi connectivity index (χ0) is 78.0. The van der Waals surface area contributed by atoms with Crippen LogP contribution in [0.5, 0.6) is 5.75 Å². The van der Waals surface area contributed by atoms with Gasteiger partial charge in [-0.25, -0.2) is 43.3 Å². The summed E-state index contributed by atoms with van der Waals surface area (Å²) in [5, 5.41) is 25.6. The van der Waals surface area contributed by atoms with Crippen molar-refractivity contribution >= 4 is 155 Å². The molecule has 15 rings (SSSR count). The van der Waals surface area contributed by atoms with Crippen molar-refractivity contribution in [1.29, 1.82) is 0 Å². The Morgan fingerprint density at radius 1 is 0.591 bits per heavy atom. The number of benzene rings is 3. The van der Waals surface area contributed by atoms with E-state index < -0.39 is 29.2 Å². The second-order valence-electron chi connectivity index (χ2n) is 23.7. The number of nitrogen functional groups attached to an aromatic ring is 1. The van der Waals surface area contributed by atoms with Gasteiger partial charge in [0.2, 0.25) is 0 Å². The number of imidazole rings is 4. The largest absolute Gasteiger partial charge is 1.00 e. The van der Waals surface area contributed by atoms with E-state index in [1.807, 2.05) is 46.2 Å². The fourth-order valence-electron chi connectivity index (χ4n) is 10.8. The Morgan fingerprint density at radius 2 is 1.04 bits per heavy atom. The van der Waals surface area contributed by atoms with E-state index in [0.29, 0.717) is 100.0 Å². The molecule has 1 saturated heterocycles. The van der Waals surface area contributed by atoms with Gasteiger partial charge in [-0.2, -0.15) is 0 Å². The monoisotopic (exact) mass is 1630 g/mol. The molecule has 0 unspecified atom stereocenters. The molecular formula is C76H67Cl6F2N12NaO13. The molecule has 3 aromatic carbocycles. The summed E-state index contributed by atoms with van der Waals surface area (Å²) in [4.78, 5) is 102. The van der Waals surface area contributed by atoms with Gasteiger partial charge in [-0.05, 0) is 143 Å². The van der Waals surface area contributed by atoms with Gasteiger partial charge < -0.3 is 62.8 Å². The quantitative estimate of drug-likeness (QED) is 0.0220. The second-order valence-corrected chi connectivity index (χ2v) is 26.2. The van der Waals surface area contributed by atoms with Crippen molar-refractivity contribution in [3.63, 3.8) is 0 Å². The number of halogens is 8. The van der Waals surface area contributed by atoms with Crippen LogP contribution in [0.25, 0.3) is 67.0 Å². The van der Waals surface area contributed by atoms with Crippen LogP contribution in [0.1, 0.15) is 60.1 Å². The molecule has 11 aromatic heterocycles. The number of nitrogens with zero attached hydrogens (tertiary/aromatic N) is 10. The van der Waals surface area contributed by atoms with E-state index in [1.54, 1.807) is 128 Å². The van der Waals surface area contributed by atoms with Gasteiger partial charge in [0, 0.05) is 123 Å². The van der Waals surface area contributed by atoms with E-state index in [2.05, 4.69) is 45.9 Å². The van der Waals surface area contributed by atoms with Crippen LogP contribution in [0.15, 0.2) is 189 Å². The number of Topliss-reactive ketones (excluding diaryl/α,β-unsaturated/α-hetero) is 3. The first-order chi connectivity index (χ1) is 51.5. The van der Waals surface area contributed by atoms with Crippen molar-refractivity contribution < 1.29 is 91.6 Å². The van der Waals surface area contributed by atoms with Gasteiger partial charge in [0.15, 0.2) is 11.6 Å². The number of ketones is 3. The fourth-order valence-corrected chi connectivity index (χ4v) is 11.7. The molecule has 0 saturated carbocycles. The number of aryl methyl sites for hydroxylation is 2. The van der Waals surface area contributed by atoms with Gasteiger partial charge in [0.05, 0.1) is 83.5 Å². The number of fused-ring (bicyclic) bond motifs is 6. The number of phenolic OH excluding ortho intramolecular Hbond substituents is 1. The Bertz CT molecular complexity index is 5660. The first-order valence-corrected chi connectivity index (χ1v) is 35.1. The van der Waals surface area contributed by atoms with Crippen molar-refractivity contribution in [2.45, 2.75) is 53.9 Å². The number of carboxylic acid groups (broad SMARTS) is 1. The number of aromatic hydroxyl groups is 1. The Kier molecular flexibility index (Phi) is 32.1. The van der Waals surface area contributed by atoms with Gasteiger partial charge in [-0.3, -0.25) is 24.0 Å². The van der Waals surface area contributed by atoms with Gasteiger partial charge in [-0.1, -0.05) is 58.0 Å². The zero-order valence-corrected chi connectivity index (χ0v) is 66.1. The summed E-state index contributed by atoms with van der Waals surface area (Å²) < 4.78 is 48.2. The number of hydrogen-bond acceptors (Lipinski definition) is 20. The van der Waals surface area contributed by atoms with Crippen LogP contribution in [0, 0.1) is 25.5 Å². The van der Waals surface area contributed by atoms with Crippen molar-refractivity contribution in [2.75, 3.05) is 49.3 Å². The van der Waals surface area contributed by atoms with Crippen molar-refractivity contribution in [3.05, 3.63) is 257 Å². The SMILES string of the molecule is CC(=O)Cc1cn2cc(Cl)ccc2n1.CC(=O)c1ccc(F)cc1O.CCOC(=O)CC(=O)CCl.Cc1c(-c2cn3cc(Cl)ccc3n2)c(=O)oc2cc(F)ccc12.Cc1c(-c2cn3cc(Cl)ccc3n2)c(=O)oc2cc(N3CCNCC3)ccc12.Nc1ccc(Cl)cn1.O=C(O)Cc1cn2cc(Cl)ccc2n1.[Na+].[OH-]. The molecule has 1 aliphatic heterocycles. The number of nitrogens with one attached hydrogen (secondary N) is 1. The molecule has 0 amide bonds. The summed E-state index contributed by atoms with van der Waals surface area (Å²) in [7, 11) is 0. The number of phenols is 1. The number of esters is 1. The molecular weight excluding hydrogens is 1560 g/mol. The first kappa shape index (κ1) is 87.1. The molecule has 1 fully saturated rings. The number of rotatable bonds is 12. The molecule has 0 radical (unpaired) electrons. The maximum absolute atomic E-state index is 13.3. The minimum absolute atomic E-state index is 0. The number of aliphatic carboxylic acids is 1. The second kappa shape index (κ2) is 40.5. The average Bonchev–Trinajstić information content (AvgIpc) is 1.45. The fraction of sp³-hybridized carbons (Fsp3) is 0.184. The first-order valence-electron chi connectivity index (χ1n) is 32.7. The van der Waals surface area contributed by atoms with Crippen LogP contribution in [0.2, 0.25) is 25.1 Å². The van der Waals surface area contributed by atoms with Gasteiger partial charge in [0.25, 0.3) is 0 Å². The number of ether oxygens (including phenoxy) is 1. The Balaban J connectivity index is 0.000000186. The third-order valence-electron chi connectivity index (χ3n) is 15.7. The molecule has 6 N–H and O–H groups in total. The predicted molar refractivity (Wildman–Crippen MR) is 415 cm³/mol. The number of anilines is 2. The summed E-state index contributed by atoms with van der Waals surface area (Å²) in [6.45, 7) is 12.4. The zero-order valence-electron chi connectivity index (χ0n) is 59.5. The minimum Gasteiger partial charge on any atom is -0.870 e. The average molecular weight is 1630 g/mol. The number of hydrogen-bond donors (Lipinski definition) is 4.